The first-order valence-corrected chi connectivity index (χ1v) is 7.96. The molecule has 1 N–H and O–H groups in total. The fraction of sp³-hybridized carbons (Fsp3) is 0.353. The number of rotatable bonds is 2. The Balaban J connectivity index is 1.84. The molecule has 3 heteroatoms. The molecule has 104 valence electrons. The predicted octanol–water partition coefficient (Wildman–Crippen LogP) is 4.50. The van der Waals surface area contributed by atoms with Crippen LogP contribution in [0.15, 0.2) is 24.3 Å². The van der Waals surface area contributed by atoms with Gasteiger partial charge in [-0.2, -0.15) is 0 Å². The van der Waals surface area contributed by atoms with Gasteiger partial charge in [0.05, 0.1) is 4.88 Å². The number of aryl methyl sites for hydroxylation is 4. The van der Waals surface area contributed by atoms with Crippen molar-refractivity contribution in [3.8, 4) is 0 Å². The zero-order valence-electron chi connectivity index (χ0n) is 12.0. The summed E-state index contributed by atoms with van der Waals surface area (Å²) in [6.07, 6.45) is 4.77. The lowest BCUT2D eigenvalue weighted by Gasteiger charge is -2.10. The fourth-order valence-corrected chi connectivity index (χ4v) is 3.94. The average Bonchev–Trinajstić information content (AvgIpc) is 2.87. The Bertz CT molecular complexity index is 613. The molecular weight excluding hydrogens is 266 g/mol. The van der Waals surface area contributed by atoms with Crippen molar-refractivity contribution in [1.29, 1.82) is 0 Å². The lowest BCUT2D eigenvalue weighted by Crippen LogP contribution is -2.12. The Kier molecular flexibility index (Phi) is 3.62. The number of carbonyl (C=O) groups is 1. The predicted molar refractivity (Wildman–Crippen MR) is 84.8 cm³/mol. The number of carbonyl (C=O) groups excluding carboxylic acids is 1. The van der Waals surface area contributed by atoms with Crippen LogP contribution in [0.4, 0.5) is 5.69 Å². The van der Waals surface area contributed by atoms with E-state index < -0.39 is 0 Å². The van der Waals surface area contributed by atoms with Crippen LogP contribution in [0.25, 0.3) is 0 Å². The van der Waals surface area contributed by atoms with Crippen molar-refractivity contribution in [3.05, 3.63) is 50.7 Å². The SMILES string of the molecule is Cc1cccc(C)c1NC(=O)c1cc2c(s1)CCCC2. The summed E-state index contributed by atoms with van der Waals surface area (Å²) in [5.41, 5.74) is 4.55. The summed E-state index contributed by atoms with van der Waals surface area (Å²) in [5, 5.41) is 3.08. The van der Waals surface area contributed by atoms with Crippen LogP contribution in [0.3, 0.4) is 0 Å². The molecule has 20 heavy (non-hydrogen) atoms. The lowest BCUT2D eigenvalue weighted by atomic mass is 9.99. The van der Waals surface area contributed by atoms with E-state index in [2.05, 4.69) is 11.4 Å². The summed E-state index contributed by atoms with van der Waals surface area (Å²) in [5.74, 6) is 0.0294. The molecule has 0 unspecified atom stereocenters. The molecule has 0 bridgehead atoms. The highest BCUT2D eigenvalue weighted by atomic mass is 32.1. The molecule has 1 amide bonds. The zero-order chi connectivity index (χ0) is 14.1. The second kappa shape index (κ2) is 5.41. The molecule has 0 saturated heterocycles. The van der Waals surface area contributed by atoms with Gasteiger partial charge in [-0.25, -0.2) is 0 Å². The minimum Gasteiger partial charge on any atom is -0.321 e. The molecular formula is C17H19NOS. The van der Waals surface area contributed by atoms with Crippen molar-refractivity contribution in [2.75, 3.05) is 5.32 Å². The van der Waals surface area contributed by atoms with Gasteiger partial charge >= 0.3 is 0 Å². The van der Waals surface area contributed by atoms with Crippen molar-refractivity contribution in [1.82, 2.24) is 0 Å². The number of anilines is 1. The van der Waals surface area contributed by atoms with Crippen molar-refractivity contribution in [2.45, 2.75) is 39.5 Å². The molecule has 3 rings (SSSR count). The van der Waals surface area contributed by atoms with E-state index in [9.17, 15) is 4.79 Å². The number of hydrogen-bond donors (Lipinski definition) is 1. The number of thiophene rings is 1. The highest BCUT2D eigenvalue weighted by Crippen LogP contribution is 2.30. The van der Waals surface area contributed by atoms with Crippen LogP contribution in [0, 0.1) is 13.8 Å². The third-order valence-corrected chi connectivity index (χ3v) is 5.18. The molecule has 2 nitrogen and oxygen atoms in total. The molecule has 1 aromatic carbocycles. The zero-order valence-corrected chi connectivity index (χ0v) is 12.8. The summed E-state index contributed by atoms with van der Waals surface area (Å²) in [4.78, 5) is 14.7. The Labute approximate surface area is 123 Å². The van der Waals surface area contributed by atoms with Gasteiger partial charge in [0.25, 0.3) is 5.91 Å². The van der Waals surface area contributed by atoms with Gasteiger partial charge in [0.15, 0.2) is 0 Å². The van der Waals surface area contributed by atoms with Gasteiger partial charge in [-0.05, 0) is 62.3 Å². The number of nitrogens with one attached hydrogen (secondary N) is 1. The molecule has 0 atom stereocenters. The van der Waals surface area contributed by atoms with Crippen LogP contribution in [0.2, 0.25) is 0 Å². The van der Waals surface area contributed by atoms with E-state index in [-0.39, 0.29) is 5.91 Å². The van der Waals surface area contributed by atoms with Gasteiger partial charge in [0.2, 0.25) is 0 Å². The minimum atomic E-state index is 0.0294. The normalized spacial score (nSPS) is 13.9. The van der Waals surface area contributed by atoms with Crippen LogP contribution < -0.4 is 5.32 Å². The standard InChI is InChI=1S/C17H19NOS/c1-11-6-5-7-12(2)16(11)18-17(19)15-10-13-8-3-4-9-14(13)20-15/h5-7,10H,3-4,8-9H2,1-2H3,(H,18,19). The highest BCUT2D eigenvalue weighted by Gasteiger charge is 2.18. The Morgan fingerprint density at radius 2 is 1.85 bits per heavy atom. The maximum absolute atomic E-state index is 12.4. The Morgan fingerprint density at radius 1 is 1.15 bits per heavy atom. The summed E-state index contributed by atoms with van der Waals surface area (Å²) in [7, 11) is 0. The lowest BCUT2D eigenvalue weighted by molar-refractivity contribution is 0.103. The minimum absolute atomic E-state index is 0.0294. The largest absolute Gasteiger partial charge is 0.321 e. The molecule has 0 fully saturated rings. The number of benzene rings is 1. The van der Waals surface area contributed by atoms with Gasteiger partial charge in [-0.15, -0.1) is 11.3 Å². The molecule has 0 aliphatic heterocycles. The smallest absolute Gasteiger partial charge is 0.265 e. The molecule has 1 heterocycles. The number of hydrogen-bond acceptors (Lipinski definition) is 2. The van der Waals surface area contributed by atoms with E-state index in [1.54, 1.807) is 11.3 Å². The van der Waals surface area contributed by atoms with E-state index in [4.69, 9.17) is 0 Å². The highest BCUT2D eigenvalue weighted by molar-refractivity contribution is 7.14. The van der Waals surface area contributed by atoms with E-state index in [0.717, 1.165) is 34.5 Å². The van der Waals surface area contributed by atoms with Gasteiger partial charge in [0, 0.05) is 10.6 Å². The molecule has 1 aromatic heterocycles. The summed E-state index contributed by atoms with van der Waals surface area (Å²) in [6, 6.07) is 8.16. The summed E-state index contributed by atoms with van der Waals surface area (Å²) >= 11 is 1.66. The second-order valence-corrected chi connectivity index (χ2v) is 6.62. The van der Waals surface area contributed by atoms with Crippen LogP contribution in [0.5, 0.6) is 0 Å². The molecule has 0 spiro atoms. The van der Waals surface area contributed by atoms with Crippen molar-refractivity contribution < 1.29 is 4.79 Å². The molecule has 0 radical (unpaired) electrons. The van der Waals surface area contributed by atoms with E-state index >= 15 is 0 Å². The van der Waals surface area contributed by atoms with Gasteiger partial charge in [-0.3, -0.25) is 4.79 Å². The Morgan fingerprint density at radius 3 is 2.55 bits per heavy atom. The van der Waals surface area contributed by atoms with Crippen LogP contribution >= 0.6 is 11.3 Å². The average molecular weight is 285 g/mol. The number of fused-ring (bicyclic) bond motifs is 1. The van der Waals surface area contributed by atoms with Gasteiger partial charge in [0.1, 0.15) is 0 Å². The van der Waals surface area contributed by atoms with Crippen LogP contribution in [-0.4, -0.2) is 5.91 Å². The van der Waals surface area contributed by atoms with Crippen molar-refractivity contribution in [2.24, 2.45) is 0 Å². The second-order valence-electron chi connectivity index (χ2n) is 5.49. The third-order valence-electron chi connectivity index (χ3n) is 3.94. The topological polar surface area (TPSA) is 29.1 Å². The number of para-hydroxylation sites is 1. The maximum Gasteiger partial charge on any atom is 0.265 e. The first-order chi connectivity index (χ1) is 9.65. The maximum atomic E-state index is 12.4. The van der Waals surface area contributed by atoms with E-state index in [0.29, 0.717) is 0 Å². The van der Waals surface area contributed by atoms with Crippen molar-refractivity contribution in [3.63, 3.8) is 0 Å². The monoisotopic (exact) mass is 285 g/mol. The quantitative estimate of drug-likeness (QED) is 0.865. The first-order valence-electron chi connectivity index (χ1n) is 7.14. The Hall–Kier alpha value is -1.61. The fourth-order valence-electron chi connectivity index (χ4n) is 2.79. The van der Waals surface area contributed by atoms with Crippen molar-refractivity contribution >= 4 is 22.9 Å². The molecule has 1 aliphatic rings. The summed E-state index contributed by atoms with van der Waals surface area (Å²) < 4.78 is 0. The number of amides is 1. The third kappa shape index (κ3) is 2.50. The molecule has 2 aromatic rings. The summed E-state index contributed by atoms with van der Waals surface area (Å²) in [6.45, 7) is 4.06. The molecule has 0 saturated carbocycles. The first kappa shape index (κ1) is 13.4. The van der Waals surface area contributed by atoms with E-state index in [1.165, 1.54) is 23.3 Å². The van der Waals surface area contributed by atoms with Crippen LogP contribution in [0.1, 0.15) is 44.1 Å². The van der Waals surface area contributed by atoms with E-state index in [1.807, 2.05) is 32.0 Å². The van der Waals surface area contributed by atoms with Gasteiger partial charge in [-0.1, -0.05) is 18.2 Å². The molecule has 1 aliphatic carbocycles. The van der Waals surface area contributed by atoms with Crippen LogP contribution in [-0.2, 0) is 12.8 Å². The van der Waals surface area contributed by atoms with Gasteiger partial charge < -0.3 is 5.32 Å².